The Kier molecular flexibility index (Phi) is 10.2. The molecule has 0 bridgehead atoms. The molecule has 6 nitrogen and oxygen atoms in total. The Morgan fingerprint density at radius 2 is 2.03 bits per heavy atom. The highest BCUT2D eigenvalue weighted by molar-refractivity contribution is 5.97. The number of aromatic nitrogens is 1. The molecule has 2 aliphatic rings. The zero-order valence-corrected chi connectivity index (χ0v) is 22.0. The van der Waals surface area contributed by atoms with Gasteiger partial charge >= 0.3 is 0 Å². The average Bonchev–Trinajstić information content (AvgIpc) is 3.01. The normalized spacial score (nSPS) is 20.3. The number of nitrogens with one attached hydrogen (secondary N) is 1. The number of rotatable bonds is 6. The minimum absolute atomic E-state index is 0.132. The summed E-state index contributed by atoms with van der Waals surface area (Å²) in [5.74, 6) is -0.343. The van der Waals surface area contributed by atoms with Crippen LogP contribution in [0.3, 0.4) is 0 Å². The standard InChI is InChI=1S/C24H33FN4O.C3H9N/c1-6-19(8-7-17(2)25)11-20-12-22-21(13-27-20)24(4,5)16-29(22)23(30)15-28-10-9-26-18(3)14-28;1-4(2)3/h6-8,12-13,18,26H,2,9-11,14-16H2,1,3-5H3;1-3H3/b8-7-,19-6+;. The van der Waals surface area contributed by atoms with Crippen molar-refractivity contribution in [1.29, 1.82) is 0 Å². The van der Waals surface area contributed by atoms with Crippen molar-refractivity contribution in [2.45, 2.75) is 45.6 Å². The Labute approximate surface area is 205 Å². The van der Waals surface area contributed by atoms with E-state index in [0.717, 1.165) is 42.2 Å². The molecule has 1 aromatic heterocycles. The van der Waals surface area contributed by atoms with Crippen LogP contribution in [-0.4, -0.2) is 80.6 Å². The molecule has 0 spiro atoms. The number of nitrogens with zero attached hydrogens (tertiary/aromatic N) is 4. The van der Waals surface area contributed by atoms with Crippen molar-refractivity contribution in [3.05, 3.63) is 59.7 Å². The molecule has 7 heteroatoms. The van der Waals surface area contributed by atoms with Crippen molar-refractivity contribution < 1.29 is 9.18 Å². The van der Waals surface area contributed by atoms with Crippen LogP contribution in [-0.2, 0) is 16.6 Å². The summed E-state index contributed by atoms with van der Waals surface area (Å²) < 4.78 is 13.0. The van der Waals surface area contributed by atoms with E-state index in [9.17, 15) is 9.18 Å². The molecule has 1 N–H and O–H groups in total. The van der Waals surface area contributed by atoms with E-state index in [0.29, 0.717) is 25.6 Å². The predicted molar refractivity (Wildman–Crippen MR) is 140 cm³/mol. The fourth-order valence-corrected chi connectivity index (χ4v) is 4.21. The third kappa shape index (κ3) is 8.15. The summed E-state index contributed by atoms with van der Waals surface area (Å²) in [4.78, 5) is 24.0. The van der Waals surface area contributed by atoms with Crippen molar-refractivity contribution in [3.8, 4) is 0 Å². The summed E-state index contributed by atoms with van der Waals surface area (Å²) in [5.41, 5.74) is 3.73. The number of halogens is 1. The smallest absolute Gasteiger partial charge is 0.241 e. The summed E-state index contributed by atoms with van der Waals surface area (Å²) in [6.07, 6.45) is 7.49. The molecule has 0 aromatic carbocycles. The van der Waals surface area contributed by atoms with Crippen LogP contribution in [0.5, 0.6) is 0 Å². The van der Waals surface area contributed by atoms with Gasteiger partial charge in [-0.2, -0.15) is 0 Å². The van der Waals surface area contributed by atoms with E-state index in [-0.39, 0.29) is 11.3 Å². The van der Waals surface area contributed by atoms with Crippen molar-refractivity contribution in [1.82, 2.24) is 20.1 Å². The van der Waals surface area contributed by atoms with Crippen molar-refractivity contribution in [2.75, 3.05) is 58.8 Å². The van der Waals surface area contributed by atoms with Gasteiger partial charge in [-0.25, -0.2) is 4.39 Å². The molecule has 0 saturated carbocycles. The van der Waals surface area contributed by atoms with E-state index < -0.39 is 5.83 Å². The van der Waals surface area contributed by atoms with Crippen LogP contribution in [0.25, 0.3) is 0 Å². The minimum atomic E-state index is -0.475. The first-order valence-electron chi connectivity index (χ1n) is 12.0. The van der Waals surface area contributed by atoms with E-state index in [4.69, 9.17) is 0 Å². The Bertz CT molecular complexity index is 919. The third-order valence-corrected chi connectivity index (χ3v) is 5.86. The van der Waals surface area contributed by atoms with Crippen LogP contribution in [0, 0.1) is 0 Å². The third-order valence-electron chi connectivity index (χ3n) is 5.86. The molecule has 0 radical (unpaired) electrons. The molecule has 3 heterocycles. The van der Waals surface area contributed by atoms with Crippen LogP contribution >= 0.6 is 0 Å². The number of pyridine rings is 1. The van der Waals surface area contributed by atoms with Gasteiger partial charge in [-0.05, 0) is 52.7 Å². The van der Waals surface area contributed by atoms with Gasteiger partial charge in [0.25, 0.3) is 0 Å². The molecule has 2 aliphatic heterocycles. The zero-order valence-electron chi connectivity index (χ0n) is 22.0. The van der Waals surface area contributed by atoms with Gasteiger partial charge in [-0.3, -0.25) is 14.7 Å². The average molecular weight is 472 g/mol. The summed E-state index contributed by atoms with van der Waals surface area (Å²) in [7, 11) is 6.00. The highest BCUT2D eigenvalue weighted by atomic mass is 19.1. The molecule has 1 unspecified atom stereocenters. The van der Waals surface area contributed by atoms with Crippen LogP contribution < -0.4 is 10.2 Å². The zero-order chi connectivity index (χ0) is 25.5. The Morgan fingerprint density at radius 1 is 1.35 bits per heavy atom. The molecule has 1 atom stereocenters. The van der Waals surface area contributed by atoms with Crippen LogP contribution in [0.2, 0.25) is 0 Å². The lowest BCUT2D eigenvalue weighted by atomic mass is 9.88. The lowest BCUT2D eigenvalue weighted by Crippen LogP contribution is -2.52. The number of carbonyl (C=O) groups is 1. The van der Waals surface area contributed by atoms with Crippen LogP contribution in [0.15, 0.2) is 48.5 Å². The Morgan fingerprint density at radius 3 is 2.62 bits per heavy atom. The lowest BCUT2D eigenvalue weighted by molar-refractivity contribution is -0.120. The first kappa shape index (κ1) is 27.9. The minimum Gasteiger partial charge on any atom is -0.312 e. The quantitative estimate of drug-likeness (QED) is 0.641. The second kappa shape index (κ2) is 12.4. The van der Waals surface area contributed by atoms with E-state index in [2.05, 4.69) is 42.6 Å². The summed E-state index contributed by atoms with van der Waals surface area (Å²) >= 11 is 0. The molecule has 0 aliphatic carbocycles. The lowest BCUT2D eigenvalue weighted by Gasteiger charge is -2.32. The Hall–Kier alpha value is -2.35. The van der Waals surface area contributed by atoms with Crippen LogP contribution in [0.1, 0.15) is 39.0 Å². The number of amides is 1. The molecule has 34 heavy (non-hydrogen) atoms. The van der Waals surface area contributed by atoms with Crippen molar-refractivity contribution in [3.63, 3.8) is 0 Å². The molecular weight excluding hydrogens is 429 g/mol. The van der Waals surface area contributed by atoms with Gasteiger partial charge in [0.2, 0.25) is 5.91 Å². The monoisotopic (exact) mass is 471 g/mol. The van der Waals surface area contributed by atoms with Gasteiger partial charge in [0.15, 0.2) is 0 Å². The van der Waals surface area contributed by atoms with Gasteiger partial charge in [0.05, 0.1) is 12.2 Å². The highest BCUT2D eigenvalue weighted by Gasteiger charge is 2.39. The van der Waals surface area contributed by atoms with Gasteiger partial charge < -0.3 is 15.1 Å². The van der Waals surface area contributed by atoms with Gasteiger partial charge in [-0.15, -0.1) is 0 Å². The largest absolute Gasteiger partial charge is 0.312 e. The fourth-order valence-electron chi connectivity index (χ4n) is 4.21. The van der Waals surface area contributed by atoms with Gasteiger partial charge in [0, 0.05) is 61.5 Å². The van der Waals surface area contributed by atoms with E-state index in [1.807, 2.05) is 56.2 Å². The molecule has 1 amide bonds. The predicted octanol–water partition coefficient (Wildman–Crippen LogP) is 3.71. The van der Waals surface area contributed by atoms with E-state index >= 15 is 0 Å². The number of carbonyl (C=O) groups excluding carboxylic acids is 1. The fraction of sp³-hybridized carbons (Fsp3) is 0.556. The molecule has 3 rings (SSSR count). The summed E-state index contributed by atoms with van der Waals surface area (Å²) in [5, 5.41) is 3.42. The Balaban J connectivity index is 0.000000945. The molecular formula is C27H42FN5O. The molecule has 1 saturated heterocycles. The first-order valence-corrected chi connectivity index (χ1v) is 12.0. The maximum atomic E-state index is 13.2. The SMILES string of the molecule is C=C(F)/C=C\C(=C/C)Cc1cc2c(cn1)C(C)(C)CN2C(=O)CN1CCNC(C)C1.CN(C)C. The number of anilines is 1. The highest BCUT2D eigenvalue weighted by Crippen LogP contribution is 2.40. The summed E-state index contributed by atoms with van der Waals surface area (Å²) in [6.45, 7) is 15.4. The number of allylic oxidation sites excluding steroid dienone is 5. The number of piperazine rings is 1. The van der Waals surface area contributed by atoms with Gasteiger partial charge in [-0.1, -0.05) is 32.6 Å². The summed E-state index contributed by atoms with van der Waals surface area (Å²) in [6, 6.07) is 2.42. The number of hydrogen-bond acceptors (Lipinski definition) is 5. The second-order valence-corrected chi connectivity index (χ2v) is 10.3. The van der Waals surface area contributed by atoms with Crippen molar-refractivity contribution in [2.24, 2.45) is 0 Å². The van der Waals surface area contributed by atoms with Gasteiger partial charge in [0.1, 0.15) is 5.83 Å². The van der Waals surface area contributed by atoms with Crippen LogP contribution in [0.4, 0.5) is 10.1 Å². The maximum absolute atomic E-state index is 13.2. The van der Waals surface area contributed by atoms with E-state index in [1.165, 1.54) is 6.08 Å². The maximum Gasteiger partial charge on any atom is 0.241 e. The number of fused-ring (bicyclic) bond motifs is 1. The molecule has 1 aromatic rings. The molecule has 1 fully saturated rings. The molecule has 188 valence electrons. The topological polar surface area (TPSA) is 51.7 Å². The first-order chi connectivity index (χ1) is 15.9. The number of hydrogen-bond donors (Lipinski definition) is 1. The second-order valence-electron chi connectivity index (χ2n) is 10.3. The van der Waals surface area contributed by atoms with E-state index in [1.54, 1.807) is 6.08 Å². The van der Waals surface area contributed by atoms with Crippen molar-refractivity contribution >= 4 is 11.6 Å².